The molecule has 0 radical (unpaired) electrons. The van der Waals surface area contributed by atoms with E-state index in [4.69, 9.17) is 9.47 Å². The third kappa shape index (κ3) is 2.62. The van der Waals surface area contributed by atoms with E-state index in [1.807, 2.05) is 25.1 Å². The average Bonchev–Trinajstić information content (AvgIpc) is 3.12. The summed E-state index contributed by atoms with van der Waals surface area (Å²) in [5.74, 6) is 0.470. The van der Waals surface area contributed by atoms with E-state index in [0.29, 0.717) is 31.1 Å². The lowest BCUT2D eigenvalue weighted by atomic mass is 9.83. The molecule has 0 aliphatic carbocycles. The summed E-state index contributed by atoms with van der Waals surface area (Å²) in [4.78, 5) is 28.8. The Morgan fingerprint density at radius 2 is 2.29 bits per heavy atom. The minimum Gasteiger partial charge on any atom is -0.482 e. The van der Waals surface area contributed by atoms with Gasteiger partial charge in [-0.15, -0.1) is 0 Å². The van der Waals surface area contributed by atoms with E-state index in [1.54, 1.807) is 4.90 Å². The molecule has 3 saturated heterocycles. The molecule has 0 unspecified atom stereocenters. The van der Waals surface area contributed by atoms with E-state index in [-0.39, 0.29) is 49.5 Å². The number of rotatable bonds is 3. The van der Waals surface area contributed by atoms with Crippen molar-refractivity contribution in [2.75, 3.05) is 50.8 Å². The van der Waals surface area contributed by atoms with E-state index in [9.17, 15) is 14.7 Å². The molecule has 4 heterocycles. The van der Waals surface area contributed by atoms with E-state index in [2.05, 4.69) is 5.32 Å². The van der Waals surface area contributed by atoms with Gasteiger partial charge in [0.15, 0.2) is 6.61 Å². The average molecular weight is 387 g/mol. The second-order valence-electron chi connectivity index (χ2n) is 8.32. The largest absolute Gasteiger partial charge is 0.482 e. The van der Waals surface area contributed by atoms with E-state index >= 15 is 0 Å². The molecular formula is C20H25N3O5. The monoisotopic (exact) mass is 387 g/mol. The fraction of sp³-hybridized carbons (Fsp3) is 0.600. The van der Waals surface area contributed by atoms with Crippen LogP contribution in [0.1, 0.15) is 5.56 Å². The Morgan fingerprint density at radius 3 is 3.11 bits per heavy atom. The van der Waals surface area contributed by atoms with Crippen molar-refractivity contribution in [2.45, 2.75) is 18.6 Å². The number of benzene rings is 1. The summed E-state index contributed by atoms with van der Waals surface area (Å²) < 4.78 is 11.8. The first kappa shape index (κ1) is 17.9. The number of anilines is 1. The Labute approximate surface area is 163 Å². The van der Waals surface area contributed by atoms with Crippen molar-refractivity contribution < 1.29 is 24.2 Å². The number of nitrogens with zero attached hydrogens (tertiary/aromatic N) is 2. The minimum absolute atomic E-state index is 0.0108. The highest BCUT2D eigenvalue weighted by atomic mass is 16.5. The molecule has 2 bridgehead atoms. The summed E-state index contributed by atoms with van der Waals surface area (Å²) in [5.41, 5.74) is 1.23. The fourth-order valence-electron chi connectivity index (χ4n) is 5.21. The lowest BCUT2D eigenvalue weighted by Crippen LogP contribution is -2.53. The van der Waals surface area contributed by atoms with E-state index in [1.165, 1.54) is 4.90 Å². The lowest BCUT2D eigenvalue weighted by Gasteiger charge is -2.34. The van der Waals surface area contributed by atoms with Crippen LogP contribution < -0.4 is 15.0 Å². The zero-order chi connectivity index (χ0) is 19.5. The van der Waals surface area contributed by atoms with Gasteiger partial charge in [0, 0.05) is 38.1 Å². The van der Waals surface area contributed by atoms with Crippen LogP contribution in [-0.4, -0.2) is 79.5 Å². The molecule has 28 heavy (non-hydrogen) atoms. The van der Waals surface area contributed by atoms with Crippen molar-refractivity contribution in [2.24, 2.45) is 11.8 Å². The molecule has 0 saturated carbocycles. The first-order valence-electron chi connectivity index (χ1n) is 9.82. The number of aliphatic hydroxyl groups is 1. The molecular weight excluding hydrogens is 362 g/mol. The van der Waals surface area contributed by atoms with Gasteiger partial charge in [0.25, 0.3) is 5.91 Å². The van der Waals surface area contributed by atoms with Crippen molar-refractivity contribution in [3.05, 3.63) is 23.8 Å². The van der Waals surface area contributed by atoms with Crippen molar-refractivity contribution in [3.8, 4) is 5.75 Å². The zero-order valence-electron chi connectivity index (χ0n) is 15.9. The number of likely N-dealkylation sites (tertiary alicyclic amines) is 1. The van der Waals surface area contributed by atoms with Crippen LogP contribution in [0.15, 0.2) is 18.2 Å². The van der Waals surface area contributed by atoms with Crippen LogP contribution >= 0.6 is 0 Å². The van der Waals surface area contributed by atoms with Crippen LogP contribution in [-0.2, 0) is 14.3 Å². The molecule has 2 amide bonds. The van der Waals surface area contributed by atoms with Gasteiger partial charge in [0.05, 0.1) is 18.3 Å². The van der Waals surface area contributed by atoms with Gasteiger partial charge in [-0.2, -0.15) is 0 Å². The molecule has 1 spiro atoms. The van der Waals surface area contributed by atoms with Gasteiger partial charge in [-0.25, -0.2) is 0 Å². The van der Waals surface area contributed by atoms with Crippen molar-refractivity contribution in [1.82, 2.24) is 10.2 Å². The summed E-state index contributed by atoms with van der Waals surface area (Å²) in [6.45, 7) is 4.42. The lowest BCUT2D eigenvalue weighted by molar-refractivity contribution is -0.134. The number of carbonyl (C=O) groups is 2. The summed E-state index contributed by atoms with van der Waals surface area (Å²) in [7, 11) is 0. The summed E-state index contributed by atoms with van der Waals surface area (Å²) >= 11 is 0. The molecule has 2 N–H and O–H groups in total. The summed E-state index contributed by atoms with van der Waals surface area (Å²) in [5, 5.41) is 13.2. The molecule has 4 aliphatic rings. The molecule has 3 fully saturated rings. The zero-order valence-corrected chi connectivity index (χ0v) is 15.9. The summed E-state index contributed by atoms with van der Waals surface area (Å²) in [6.07, 6.45) is 0.0108. The SMILES string of the molecule is Cc1ccc2c(c1)N(CC(=O)N1C[C@@H]3[C@H](CO)[C@H]4CNC[C@]3(C1)O4)C(=O)CO2. The van der Waals surface area contributed by atoms with Crippen LogP contribution in [0, 0.1) is 18.8 Å². The number of hydrogen-bond acceptors (Lipinski definition) is 6. The maximum absolute atomic E-state index is 13.1. The molecule has 4 atom stereocenters. The first-order chi connectivity index (χ1) is 13.5. The number of morpholine rings is 1. The van der Waals surface area contributed by atoms with Crippen molar-refractivity contribution >= 4 is 17.5 Å². The first-order valence-corrected chi connectivity index (χ1v) is 9.82. The maximum Gasteiger partial charge on any atom is 0.265 e. The Balaban J connectivity index is 1.35. The van der Waals surface area contributed by atoms with E-state index < -0.39 is 5.60 Å². The van der Waals surface area contributed by atoms with Gasteiger partial charge in [-0.3, -0.25) is 14.5 Å². The number of hydrogen-bond donors (Lipinski definition) is 2. The molecule has 150 valence electrons. The standard InChI is InChI=1S/C20H25N3O5/c1-12-2-3-16-15(4-12)23(19(26)9-27-16)7-18(25)22-6-14-13(8-24)17-5-21-10-20(14,11-22)28-17/h2-4,13-14,17,21,24H,5-11H2,1H3/t13-,14+,17+,20+/m0/s1. The molecule has 8 heteroatoms. The van der Waals surface area contributed by atoms with Gasteiger partial charge in [-0.1, -0.05) is 6.07 Å². The third-order valence-electron chi connectivity index (χ3n) is 6.62. The Hall–Kier alpha value is -2.16. The number of amides is 2. The predicted octanol–water partition coefficient (Wildman–Crippen LogP) is -0.472. The van der Waals surface area contributed by atoms with Crippen molar-refractivity contribution in [1.29, 1.82) is 0 Å². The molecule has 5 rings (SSSR count). The number of carbonyl (C=O) groups excluding carboxylic acids is 2. The molecule has 4 aliphatic heterocycles. The van der Waals surface area contributed by atoms with Crippen LogP contribution in [0.25, 0.3) is 0 Å². The molecule has 1 aromatic rings. The van der Waals surface area contributed by atoms with Crippen LogP contribution in [0.5, 0.6) is 5.75 Å². The highest BCUT2D eigenvalue weighted by Gasteiger charge is 2.61. The molecule has 1 aromatic carbocycles. The normalized spacial score (nSPS) is 33.5. The minimum atomic E-state index is -0.421. The number of ether oxygens (including phenoxy) is 2. The van der Waals surface area contributed by atoms with Crippen LogP contribution in [0.2, 0.25) is 0 Å². The maximum atomic E-state index is 13.1. The number of nitrogens with one attached hydrogen (secondary N) is 1. The Morgan fingerprint density at radius 1 is 1.43 bits per heavy atom. The molecule has 8 nitrogen and oxygen atoms in total. The van der Waals surface area contributed by atoms with Gasteiger partial charge in [0.1, 0.15) is 17.9 Å². The third-order valence-corrected chi connectivity index (χ3v) is 6.62. The van der Waals surface area contributed by atoms with Crippen molar-refractivity contribution in [3.63, 3.8) is 0 Å². The van der Waals surface area contributed by atoms with Crippen LogP contribution in [0.4, 0.5) is 5.69 Å². The second-order valence-corrected chi connectivity index (χ2v) is 8.32. The fourth-order valence-corrected chi connectivity index (χ4v) is 5.21. The van der Waals surface area contributed by atoms with Crippen LogP contribution in [0.3, 0.4) is 0 Å². The smallest absolute Gasteiger partial charge is 0.265 e. The Kier molecular flexibility index (Phi) is 4.12. The van der Waals surface area contributed by atoms with Gasteiger partial charge < -0.3 is 24.8 Å². The predicted molar refractivity (Wildman–Crippen MR) is 100 cm³/mol. The number of aryl methyl sites for hydroxylation is 1. The van der Waals surface area contributed by atoms with E-state index in [0.717, 1.165) is 12.1 Å². The van der Waals surface area contributed by atoms with Gasteiger partial charge in [-0.05, 0) is 24.6 Å². The molecule has 0 aromatic heterocycles. The highest BCUT2D eigenvalue weighted by Crippen LogP contribution is 2.47. The topological polar surface area (TPSA) is 91.3 Å². The van der Waals surface area contributed by atoms with Gasteiger partial charge in [0.2, 0.25) is 5.91 Å². The quantitative estimate of drug-likeness (QED) is 0.729. The van der Waals surface area contributed by atoms with Gasteiger partial charge >= 0.3 is 0 Å². The highest BCUT2D eigenvalue weighted by molar-refractivity contribution is 6.02. The second kappa shape index (κ2) is 6.43. The number of aliphatic hydroxyl groups excluding tert-OH is 1. The number of fused-ring (bicyclic) bond motifs is 2. The Bertz CT molecular complexity index is 830. The summed E-state index contributed by atoms with van der Waals surface area (Å²) in [6, 6.07) is 5.63.